The largest absolute Gasteiger partial charge is 0.506 e. The van der Waals surface area contributed by atoms with E-state index in [0.29, 0.717) is 5.02 Å². The number of halogens is 2. The summed E-state index contributed by atoms with van der Waals surface area (Å²) in [5, 5.41) is 31.7. The third-order valence-corrected chi connectivity index (χ3v) is 6.95. The van der Waals surface area contributed by atoms with Gasteiger partial charge in [0.25, 0.3) is 5.91 Å². The summed E-state index contributed by atoms with van der Waals surface area (Å²) in [5.74, 6) is -2.37. The summed E-state index contributed by atoms with van der Waals surface area (Å²) >= 11 is 5.83. The Labute approximate surface area is 194 Å². The highest BCUT2D eigenvalue weighted by Gasteiger charge is 2.27. The van der Waals surface area contributed by atoms with E-state index in [1.807, 2.05) is 0 Å². The number of carbonyl (C=O) groups is 1. The van der Waals surface area contributed by atoms with E-state index in [4.69, 9.17) is 21.8 Å². The molecular weight excluding hydrogens is 477 g/mol. The van der Waals surface area contributed by atoms with Gasteiger partial charge in [0.1, 0.15) is 16.8 Å². The molecule has 0 aliphatic rings. The Morgan fingerprint density at radius 1 is 1.12 bits per heavy atom. The molecule has 176 valence electrons. The first-order valence-corrected chi connectivity index (χ1v) is 11.6. The molecule has 0 unspecified atom stereocenters. The number of amides is 1. The molecule has 0 bridgehead atoms. The van der Waals surface area contributed by atoms with E-state index < -0.39 is 45.6 Å². The van der Waals surface area contributed by atoms with Gasteiger partial charge in [0.2, 0.25) is 10.0 Å². The summed E-state index contributed by atoms with van der Waals surface area (Å²) in [5.41, 5.74) is 0.151. The van der Waals surface area contributed by atoms with Crippen LogP contribution in [0.4, 0.5) is 4.39 Å². The molecule has 2 aromatic carbocycles. The first kappa shape index (κ1) is 24.8. The summed E-state index contributed by atoms with van der Waals surface area (Å²) in [6.07, 6.45) is 0.996. The van der Waals surface area contributed by atoms with E-state index >= 15 is 0 Å². The van der Waals surface area contributed by atoms with Crippen LogP contribution in [0.3, 0.4) is 0 Å². The Morgan fingerprint density at radius 3 is 2.36 bits per heavy atom. The molecule has 1 amide bonds. The van der Waals surface area contributed by atoms with Crippen LogP contribution in [0.25, 0.3) is 10.9 Å². The van der Waals surface area contributed by atoms with Gasteiger partial charge in [0.05, 0.1) is 18.1 Å². The van der Waals surface area contributed by atoms with Gasteiger partial charge in [0, 0.05) is 36.2 Å². The zero-order chi connectivity index (χ0) is 24.2. The van der Waals surface area contributed by atoms with Gasteiger partial charge < -0.3 is 20.6 Å². The molecule has 3 rings (SSSR count). The molecule has 1 aromatic heterocycles. The number of hydrogen-bond donors (Lipinski definition) is 4. The van der Waals surface area contributed by atoms with Crippen molar-refractivity contribution < 1.29 is 32.9 Å². The summed E-state index contributed by atoms with van der Waals surface area (Å²) < 4.78 is 41.2. The fourth-order valence-corrected chi connectivity index (χ4v) is 4.73. The lowest BCUT2D eigenvalue weighted by molar-refractivity contribution is 0.0948. The van der Waals surface area contributed by atoms with E-state index in [-0.39, 0.29) is 36.1 Å². The molecule has 0 atom stereocenters. The number of nitrogens with zero attached hydrogens (tertiary/aromatic N) is 2. The van der Waals surface area contributed by atoms with Crippen molar-refractivity contribution >= 4 is 38.4 Å². The van der Waals surface area contributed by atoms with Gasteiger partial charge in [-0.2, -0.15) is 4.31 Å². The second-order valence-electron chi connectivity index (χ2n) is 6.98. The number of aromatic nitrogens is 1. The third-order valence-electron chi connectivity index (χ3n) is 4.82. The van der Waals surface area contributed by atoms with Crippen LogP contribution in [0, 0.1) is 5.82 Å². The van der Waals surface area contributed by atoms with Crippen molar-refractivity contribution in [2.75, 3.05) is 26.3 Å². The highest BCUT2D eigenvalue weighted by molar-refractivity contribution is 7.89. The normalized spacial score (nSPS) is 11.8. The van der Waals surface area contributed by atoms with E-state index in [2.05, 4.69) is 10.3 Å². The average Bonchev–Trinajstić information content (AvgIpc) is 2.79. The Kier molecular flexibility index (Phi) is 7.82. The van der Waals surface area contributed by atoms with Crippen LogP contribution in [0.5, 0.6) is 5.75 Å². The van der Waals surface area contributed by atoms with E-state index in [1.54, 1.807) is 24.3 Å². The Balaban J connectivity index is 1.97. The first-order chi connectivity index (χ1) is 15.7. The van der Waals surface area contributed by atoms with Gasteiger partial charge in [-0.3, -0.25) is 9.78 Å². The minimum atomic E-state index is -4.32. The zero-order valence-electron chi connectivity index (χ0n) is 17.2. The molecule has 33 heavy (non-hydrogen) atoms. The number of sulfonamides is 1. The smallest absolute Gasteiger partial charge is 0.256 e. The van der Waals surface area contributed by atoms with Crippen molar-refractivity contribution in [1.29, 1.82) is 0 Å². The molecule has 1 heterocycles. The number of aromatic hydroxyl groups is 1. The minimum Gasteiger partial charge on any atom is -0.506 e. The van der Waals surface area contributed by atoms with Crippen LogP contribution in [0.2, 0.25) is 5.02 Å². The van der Waals surface area contributed by atoms with Crippen molar-refractivity contribution in [2.45, 2.75) is 11.4 Å². The van der Waals surface area contributed by atoms with Crippen molar-refractivity contribution in [3.63, 3.8) is 0 Å². The number of rotatable bonds is 9. The van der Waals surface area contributed by atoms with Gasteiger partial charge in [-0.25, -0.2) is 12.8 Å². The lowest BCUT2D eigenvalue weighted by Crippen LogP contribution is -2.35. The van der Waals surface area contributed by atoms with Crippen LogP contribution >= 0.6 is 11.6 Å². The third kappa shape index (κ3) is 5.40. The lowest BCUT2D eigenvalue weighted by Gasteiger charge is -2.20. The molecule has 3 aromatic rings. The Hall–Kier alpha value is -2.83. The number of fused-ring (bicyclic) bond motifs is 1. The van der Waals surface area contributed by atoms with Crippen LogP contribution in [0.1, 0.15) is 15.9 Å². The number of pyridine rings is 1. The highest BCUT2D eigenvalue weighted by atomic mass is 35.5. The molecule has 0 saturated heterocycles. The maximum atomic E-state index is 14.7. The fraction of sp³-hybridized carbons (Fsp3) is 0.238. The van der Waals surface area contributed by atoms with Crippen LogP contribution in [-0.4, -0.2) is 65.2 Å². The first-order valence-electron chi connectivity index (χ1n) is 9.74. The fourth-order valence-electron chi connectivity index (χ4n) is 3.14. The molecule has 12 heteroatoms. The topological polar surface area (TPSA) is 140 Å². The number of benzene rings is 2. The highest BCUT2D eigenvalue weighted by Crippen LogP contribution is 2.32. The molecule has 4 N–H and O–H groups in total. The van der Waals surface area contributed by atoms with Gasteiger partial charge in [0.15, 0.2) is 5.82 Å². The Bertz CT molecular complexity index is 1270. The number of nitrogens with one attached hydrogen (secondary N) is 1. The molecule has 0 fully saturated rings. The zero-order valence-corrected chi connectivity index (χ0v) is 18.8. The summed E-state index contributed by atoms with van der Waals surface area (Å²) in [6.45, 7) is -1.55. The molecule has 0 saturated carbocycles. The SMILES string of the molecule is O=C(NCc1ccc(Cl)cc1)c1cnc2c(F)cc(S(=O)(=O)N(CCO)CCO)cc2c1O. The Morgan fingerprint density at radius 2 is 1.76 bits per heavy atom. The number of hydrogen-bond acceptors (Lipinski definition) is 7. The van der Waals surface area contributed by atoms with Crippen molar-refractivity contribution in [3.8, 4) is 5.75 Å². The molecule has 0 aliphatic carbocycles. The minimum absolute atomic E-state index is 0.119. The average molecular weight is 498 g/mol. The van der Waals surface area contributed by atoms with Gasteiger partial charge in [-0.05, 0) is 29.8 Å². The maximum Gasteiger partial charge on any atom is 0.256 e. The molecule has 9 nitrogen and oxygen atoms in total. The molecule has 0 radical (unpaired) electrons. The van der Waals surface area contributed by atoms with Crippen LogP contribution in [-0.2, 0) is 16.6 Å². The van der Waals surface area contributed by atoms with Gasteiger partial charge >= 0.3 is 0 Å². The summed E-state index contributed by atoms with van der Waals surface area (Å²) in [7, 11) is -4.32. The summed E-state index contributed by atoms with van der Waals surface area (Å²) in [4.78, 5) is 15.9. The van der Waals surface area contributed by atoms with Crippen molar-refractivity contribution in [3.05, 3.63) is 64.6 Å². The van der Waals surface area contributed by atoms with E-state index in [1.165, 1.54) is 0 Å². The second kappa shape index (κ2) is 10.4. The van der Waals surface area contributed by atoms with Crippen LogP contribution in [0.15, 0.2) is 47.5 Å². The van der Waals surface area contributed by atoms with E-state index in [9.17, 15) is 22.7 Å². The second-order valence-corrected chi connectivity index (χ2v) is 9.36. The monoisotopic (exact) mass is 497 g/mol. The molecule has 0 aliphatic heterocycles. The number of aliphatic hydroxyl groups excluding tert-OH is 2. The van der Waals surface area contributed by atoms with Crippen molar-refractivity contribution in [1.82, 2.24) is 14.6 Å². The lowest BCUT2D eigenvalue weighted by atomic mass is 10.1. The summed E-state index contributed by atoms with van der Waals surface area (Å²) in [6, 6.07) is 8.44. The molecular formula is C21H21ClFN3O6S. The van der Waals surface area contributed by atoms with Gasteiger partial charge in [-0.1, -0.05) is 23.7 Å². The van der Waals surface area contributed by atoms with Gasteiger partial charge in [-0.15, -0.1) is 0 Å². The standard InChI is InChI=1S/C21H21ClFN3O6S/c22-14-3-1-13(2-4-14)11-25-21(30)17-12-24-19-16(20(17)29)9-15(10-18(19)23)33(31,32)26(5-7-27)6-8-28/h1-4,9-10,12,27-28H,5-8,11H2,(H,24,29)(H,25,30). The molecule has 0 spiro atoms. The number of carbonyl (C=O) groups excluding carboxylic acids is 1. The van der Waals surface area contributed by atoms with Crippen molar-refractivity contribution in [2.24, 2.45) is 0 Å². The predicted octanol–water partition coefficient (Wildman–Crippen LogP) is 1.64. The number of aliphatic hydroxyl groups is 2. The quantitative estimate of drug-likeness (QED) is 0.352. The van der Waals surface area contributed by atoms with E-state index in [0.717, 1.165) is 28.2 Å². The predicted molar refractivity (Wildman–Crippen MR) is 119 cm³/mol. The maximum absolute atomic E-state index is 14.7. The van der Waals surface area contributed by atoms with Crippen LogP contribution < -0.4 is 5.32 Å².